The van der Waals surface area contributed by atoms with Crippen LogP contribution in [0.2, 0.25) is 0 Å². The molecule has 1 heterocycles. The molecule has 3 heteroatoms. The highest BCUT2D eigenvalue weighted by Gasteiger charge is 2.21. The average molecular weight is 353 g/mol. The summed E-state index contributed by atoms with van der Waals surface area (Å²) in [6, 6.07) is 15.3. The van der Waals surface area contributed by atoms with Crippen molar-refractivity contribution < 1.29 is 0 Å². The molecule has 0 saturated heterocycles. The molecule has 1 aliphatic rings. The van der Waals surface area contributed by atoms with E-state index >= 15 is 0 Å². The van der Waals surface area contributed by atoms with Gasteiger partial charge < -0.3 is 5.32 Å². The van der Waals surface area contributed by atoms with E-state index in [1.807, 2.05) is 0 Å². The van der Waals surface area contributed by atoms with Crippen molar-refractivity contribution in [1.82, 2.24) is 0 Å². The maximum absolute atomic E-state index is 3.56. The van der Waals surface area contributed by atoms with Crippen LogP contribution in [0, 0.1) is 0 Å². The van der Waals surface area contributed by atoms with E-state index in [1.165, 1.54) is 16.8 Å². The molecule has 1 aliphatic heterocycles. The molecule has 1 unspecified atom stereocenters. The van der Waals surface area contributed by atoms with Crippen LogP contribution in [-0.4, -0.2) is 0 Å². The summed E-state index contributed by atoms with van der Waals surface area (Å²) >= 11 is 7.04. The average Bonchev–Trinajstić information content (AvgIpc) is 2.72. The highest BCUT2D eigenvalue weighted by molar-refractivity contribution is 9.10. The number of nitrogens with one attached hydrogen (secondary N) is 1. The van der Waals surface area contributed by atoms with Gasteiger partial charge in [-0.2, -0.15) is 0 Å². The van der Waals surface area contributed by atoms with Crippen molar-refractivity contribution in [2.75, 3.05) is 5.32 Å². The molecule has 0 radical (unpaired) electrons. The molecule has 0 aliphatic carbocycles. The Balaban J connectivity index is 1.91. The van der Waals surface area contributed by atoms with Crippen LogP contribution in [0.5, 0.6) is 0 Å². The smallest absolute Gasteiger partial charge is 0.0555 e. The fourth-order valence-electron chi connectivity index (χ4n) is 2.26. The number of rotatable bonds is 1. The van der Waals surface area contributed by atoms with Crippen LogP contribution in [0.25, 0.3) is 0 Å². The van der Waals surface area contributed by atoms with Crippen LogP contribution in [-0.2, 0) is 6.42 Å². The van der Waals surface area contributed by atoms with E-state index < -0.39 is 0 Å². The van der Waals surface area contributed by atoms with E-state index in [0.29, 0.717) is 6.04 Å². The molecule has 2 aromatic carbocycles. The molecular weight excluding hydrogens is 342 g/mol. The Morgan fingerprint density at radius 1 is 1.00 bits per heavy atom. The van der Waals surface area contributed by atoms with E-state index in [1.54, 1.807) is 0 Å². The summed E-state index contributed by atoms with van der Waals surface area (Å²) in [4.78, 5) is 0. The summed E-state index contributed by atoms with van der Waals surface area (Å²) in [6.45, 7) is 0. The number of benzene rings is 2. The summed E-state index contributed by atoms with van der Waals surface area (Å²) < 4.78 is 2.28. The molecule has 1 nitrogen and oxygen atoms in total. The maximum Gasteiger partial charge on any atom is 0.0555 e. The first kappa shape index (κ1) is 11.3. The van der Waals surface area contributed by atoms with Gasteiger partial charge in [0, 0.05) is 14.6 Å². The number of anilines is 1. The maximum atomic E-state index is 3.56. The van der Waals surface area contributed by atoms with Crippen LogP contribution >= 0.6 is 31.9 Å². The fraction of sp³-hybridized carbons (Fsp3) is 0.143. The highest BCUT2D eigenvalue weighted by atomic mass is 79.9. The molecule has 0 aromatic heterocycles. The van der Waals surface area contributed by atoms with Crippen LogP contribution in [0.15, 0.2) is 51.4 Å². The summed E-state index contributed by atoms with van der Waals surface area (Å²) in [5.74, 6) is 0. The monoisotopic (exact) mass is 351 g/mol. The second-order valence-electron chi connectivity index (χ2n) is 4.26. The van der Waals surface area contributed by atoms with E-state index in [0.717, 1.165) is 15.4 Å². The number of hydrogen-bond acceptors (Lipinski definition) is 1. The first-order chi connectivity index (χ1) is 8.22. The van der Waals surface area contributed by atoms with Crippen molar-refractivity contribution in [1.29, 1.82) is 0 Å². The molecular formula is C14H11Br2N. The quantitative estimate of drug-likeness (QED) is 0.767. The van der Waals surface area contributed by atoms with Crippen LogP contribution < -0.4 is 5.32 Å². The lowest BCUT2D eigenvalue weighted by atomic mass is 10.0. The Kier molecular flexibility index (Phi) is 2.97. The summed E-state index contributed by atoms with van der Waals surface area (Å²) in [5, 5.41) is 3.56. The Morgan fingerprint density at radius 2 is 1.82 bits per heavy atom. The molecule has 1 N–H and O–H groups in total. The normalized spacial score (nSPS) is 17.6. The number of halogens is 2. The first-order valence-corrected chi connectivity index (χ1v) is 7.11. The van der Waals surface area contributed by atoms with Crippen molar-refractivity contribution in [3.63, 3.8) is 0 Å². The lowest BCUT2D eigenvalue weighted by molar-refractivity contribution is 0.823. The fourth-order valence-corrected chi connectivity index (χ4v) is 3.08. The molecule has 86 valence electrons. The van der Waals surface area contributed by atoms with E-state index in [2.05, 4.69) is 79.6 Å². The van der Waals surface area contributed by atoms with Gasteiger partial charge in [-0.25, -0.2) is 0 Å². The van der Waals surface area contributed by atoms with Crippen LogP contribution in [0.4, 0.5) is 5.69 Å². The van der Waals surface area contributed by atoms with Crippen molar-refractivity contribution >= 4 is 37.5 Å². The molecule has 2 aromatic rings. The van der Waals surface area contributed by atoms with Crippen molar-refractivity contribution in [2.45, 2.75) is 12.5 Å². The Labute approximate surface area is 117 Å². The molecule has 0 bridgehead atoms. The number of fused-ring (bicyclic) bond motifs is 1. The van der Waals surface area contributed by atoms with E-state index in [9.17, 15) is 0 Å². The second kappa shape index (κ2) is 4.46. The standard InChI is InChI=1S/C14H11Br2N/c15-11-3-1-2-9(6-11)14-8-10-7-12(16)4-5-13(10)17-14/h1-7,14,17H,8H2. The van der Waals surface area contributed by atoms with Crippen molar-refractivity contribution in [2.24, 2.45) is 0 Å². The van der Waals surface area contributed by atoms with Gasteiger partial charge in [0.2, 0.25) is 0 Å². The van der Waals surface area contributed by atoms with Gasteiger partial charge in [-0.15, -0.1) is 0 Å². The van der Waals surface area contributed by atoms with Gasteiger partial charge >= 0.3 is 0 Å². The number of hydrogen-bond donors (Lipinski definition) is 1. The Hall–Kier alpha value is -0.800. The zero-order chi connectivity index (χ0) is 11.8. The van der Waals surface area contributed by atoms with E-state index in [4.69, 9.17) is 0 Å². The summed E-state index contributed by atoms with van der Waals surface area (Å²) in [6.07, 6.45) is 1.05. The topological polar surface area (TPSA) is 12.0 Å². The molecule has 3 rings (SSSR count). The zero-order valence-electron chi connectivity index (χ0n) is 9.08. The van der Waals surface area contributed by atoms with Crippen molar-refractivity contribution in [3.8, 4) is 0 Å². The van der Waals surface area contributed by atoms with Crippen LogP contribution in [0.1, 0.15) is 17.2 Å². The van der Waals surface area contributed by atoms with Crippen LogP contribution in [0.3, 0.4) is 0 Å². The third-order valence-electron chi connectivity index (χ3n) is 3.07. The third kappa shape index (κ3) is 2.26. The third-order valence-corrected chi connectivity index (χ3v) is 4.06. The largest absolute Gasteiger partial charge is 0.378 e. The molecule has 1 atom stereocenters. The minimum atomic E-state index is 0.386. The summed E-state index contributed by atoms with van der Waals surface area (Å²) in [7, 11) is 0. The molecule has 0 amide bonds. The predicted octanol–water partition coefficient (Wildman–Crippen LogP) is 4.92. The molecule has 0 saturated carbocycles. The Morgan fingerprint density at radius 3 is 2.65 bits per heavy atom. The minimum absolute atomic E-state index is 0.386. The van der Waals surface area contributed by atoms with Gasteiger partial charge in [0.25, 0.3) is 0 Å². The van der Waals surface area contributed by atoms with Gasteiger partial charge in [-0.1, -0.05) is 44.0 Å². The highest BCUT2D eigenvalue weighted by Crippen LogP contribution is 2.36. The SMILES string of the molecule is Brc1cccc(C2Cc3cc(Br)ccc3N2)c1. The van der Waals surface area contributed by atoms with Gasteiger partial charge in [0.1, 0.15) is 0 Å². The lowest BCUT2D eigenvalue weighted by Crippen LogP contribution is -2.05. The minimum Gasteiger partial charge on any atom is -0.378 e. The van der Waals surface area contributed by atoms with Crippen molar-refractivity contribution in [3.05, 3.63) is 62.5 Å². The Bertz CT molecular complexity index is 566. The molecule has 0 fully saturated rings. The molecule has 0 spiro atoms. The zero-order valence-corrected chi connectivity index (χ0v) is 12.3. The lowest BCUT2D eigenvalue weighted by Gasteiger charge is -2.11. The van der Waals surface area contributed by atoms with Gasteiger partial charge in [-0.3, -0.25) is 0 Å². The first-order valence-electron chi connectivity index (χ1n) is 5.53. The van der Waals surface area contributed by atoms with E-state index in [-0.39, 0.29) is 0 Å². The van der Waals surface area contributed by atoms with Gasteiger partial charge in [-0.05, 0) is 47.9 Å². The van der Waals surface area contributed by atoms with Gasteiger partial charge in [0.05, 0.1) is 6.04 Å². The summed E-state index contributed by atoms with van der Waals surface area (Å²) in [5.41, 5.74) is 3.95. The van der Waals surface area contributed by atoms with Gasteiger partial charge in [0.15, 0.2) is 0 Å². The predicted molar refractivity (Wildman–Crippen MR) is 78.4 cm³/mol. The molecule has 17 heavy (non-hydrogen) atoms. The second-order valence-corrected chi connectivity index (χ2v) is 6.09.